The molecule has 5 rings (SSSR count). The quantitative estimate of drug-likeness (QED) is 0.669. The third kappa shape index (κ3) is 3.83. The lowest BCUT2D eigenvalue weighted by atomic mass is 9.38. The van der Waals surface area contributed by atoms with Crippen LogP contribution >= 0.6 is 11.6 Å². The Morgan fingerprint density at radius 2 is 1.76 bits per heavy atom. The Labute approximate surface area is 170 Å². The summed E-state index contributed by atoms with van der Waals surface area (Å²) in [7, 11) is 0. The Balaban J connectivity index is 1.26. The number of carbonyl (C=O) groups excluding carboxylic acids is 2. The second-order valence-electron chi connectivity index (χ2n) is 7.95. The van der Waals surface area contributed by atoms with Crippen molar-refractivity contribution in [3.8, 4) is 5.75 Å². The van der Waals surface area contributed by atoms with Gasteiger partial charge in [-0.3, -0.25) is 9.59 Å². The molecule has 3 fully saturated rings. The number of ketones is 1. The third-order valence-corrected chi connectivity index (χ3v) is 5.88. The van der Waals surface area contributed by atoms with Gasteiger partial charge in [0, 0.05) is 18.0 Å². The second-order valence-corrected chi connectivity index (χ2v) is 8.35. The van der Waals surface area contributed by atoms with Gasteiger partial charge in [0.05, 0.1) is 10.6 Å². The van der Waals surface area contributed by atoms with Gasteiger partial charge < -0.3 is 10.1 Å². The standard InChI is InChI=1S/C21H17ClF3NO3/c22-15-3-2-13(6-17(15)25)29-8-19(28)26-21-9-20(10-21,11-21)7-18(27)14-5-12(23)1-4-16(14)24/h1-6H,7-11H2,(H,26,28). The summed E-state index contributed by atoms with van der Waals surface area (Å²) in [5.74, 6) is -2.62. The van der Waals surface area contributed by atoms with Crippen molar-refractivity contribution in [3.05, 3.63) is 64.4 Å². The third-order valence-electron chi connectivity index (χ3n) is 5.57. The van der Waals surface area contributed by atoms with Gasteiger partial charge in [-0.2, -0.15) is 0 Å². The van der Waals surface area contributed by atoms with Crippen molar-refractivity contribution < 1.29 is 27.5 Å². The maximum Gasteiger partial charge on any atom is 0.258 e. The lowest BCUT2D eigenvalue weighted by Gasteiger charge is -2.70. The molecule has 152 valence electrons. The Morgan fingerprint density at radius 3 is 2.45 bits per heavy atom. The number of Topliss-reactive ketones (excluding diaryl/α,β-unsaturated/α-hetero) is 1. The fraction of sp³-hybridized carbons (Fsp3) is 0.333. The lowest BCUT2D eigenvalue weighted by molar-refractivity contribution is -0.164. The SMILES string of the molecule is O=C(COc1ccc(Cl)c(F)c1)NC12CC(CC(=O)c3cc(F)ccc3F)(C1)C2. The molecule has 2 aromatic carbocycles. The minimum atomic E-state index is -0.734. The van der Waals surface area contributed by atoms with Crippen LogP contribution in [-0.4, -0.2) is 23.8 Å². The summed E-state index contributed by atoms with van der Waals surface area (Å²) in [5.41, 5.74) is -0.896. The van der Waals surface area contributed by atoms with E-state index >= 15 is 0 Å². The molecule has 4 nitrogen and oxygen atoms in total. The van der Waals surface area contributed by atoms with Gasteiger partial charge in [-0.1, -0.05) is 11.6 Å². The highest BCUT2D eigenvalue weighted by Crippen LogP contribution is 2.69. The first kappa shape index (κ1) is 19.8. The first-order valence-electron chi connectivity index (χ1n) is 9.07. The predicted molar refractivity (Wildman–Crippen MR) is 99.4 cm³/mol. The van der Waals surface area contributed by atoms with Crippen LogP contribution in [0.1, 0.15) is 36.0 Å². The lowest BCUT2D eigenvalue weighted by Crippen LogP contribution is -2.75. The largest absolute Gasteiger partial charge is 0.484 e. The van der Waals surface area contributed by atoms with E-state index in [9.17, 15) is 22.8 Å². The van der Waals surface area contributed by atoms with Gasteiger partial charge in [-0.05, 0) is 55.0 Å². The zero-order valence-corrected chi connectivity index (χ0v) is 16.0. The number of hydrogen-bond donors (Lipinski definition) is 1. The Hall–Kier alpha value is -2.54. The molecular formula is C21H17ClF3NO3. The highest BCUT2D eigenvalue weighted by molar-refractivity contribution is 6.30. The first-order chi connectivity index (χ1) is 13.7. The van der Waals surface area contributed by atoms with E-state index in [-0.39, 0.29) is 46.2 Å². The molecule has 0 radical (unpaired) electrons. The van der Waals surface area contributed by atoms with Gasteiger partial charge in [-0.25, -0.2) is 13.2 Å². The van der Waals surface area contributed by atoms with E-state index in [4.69, 9.17) is 16.3 Å². The number of carbonyl (C=O) groups is 2. The fourth-order valence-corrected chi connectivity index (χ4v) is 4.63. The number of nitrogens with one attached hydrogen (secondary N) is 1. The van der Waals surface area contributed by atoms with Crippen molar-refractivity contribution in [1.29, 1.82) is 0 Å². The molecule has 0 saturated heterocycles. The Bertz CT molecular complexity index is 991. The maximum atomic E-state index is 13.8. The zero-order chi connectivity index (χ0) is 20.8. The smallest absolute Gasteiger partial charge is 0.258 e. The molecule has 2 bridgehead atoms. The predicted octanol–water partition coefficient (Wildman–Crippen LogP) is 4.45. The molecule has 0 atom stereocenters. The second kappa shape index (κ2) is 7.06. The van der Waals surface area contributed by atoms with E-state index in [1.54, 1.807) is 0 Å². The van der Waals surface area contributed by atoms with Crippen molar-refractivity contribution in [2.75, 3.05) is 6.61 Å². The first-order valence-corrected chi connectivity index (χ1v) is 9.44. The molecule has 3 aliphatic rings. The van der Waals surface area contributed by atoms with Gasteiger partial charge in [-0.15, -0.1) is 0 Å². The summed E-state index contributed by atoms with van der Waals surface area (Å²) in [5, 5.41) is 2.85. The van der Waals surface area contributed by atoms with Gasteiger partial charge in [0.2, 0.25) is 0 Å². The number of amides is 1. The number of ether oxygens (including phenoxy) is 1. The normalized spacial score (nSPS) is 24.3. The molecule has 29 heavy (non-hydrogen) atoms. The van der Waals surface area contributed by atoms with Crippen LogP contribution in [0.4, 0.5) is 13.2 Å². The highest BCUT2D eigenvalue weighted by atomic mass is 35.5. The van der Waals surface area contributed by atoms with Crippen LogP contribution in [-0.2, 0) is 4.79 Å². The topological polar surface area (TPSA) is 55.4 Å². The van der Waals surface area contributed by atoms with Crippen molar-refractivity contribution >= 4 is 23.3 Å². The zero-order valence-electron chi connectivity index (χ0n) is 15.2. The summed E-state index contributed by atoms with van der Waals surface area (Å²) in [6.07, 6.45) is 1.92. The number of rotatable bonds is 7. The number of halogens is 4. The van der Waals surface area contributed by atoms with Gasteiger partial charge in [0.15, 0.2) is 12.4 Å². The van der Waals surface area contributed by atoms with E-state index < -0.39 is 23.2 Å². The molecule has 3 saturated carbocycles. The average molecular weight is 424 g/mol. The molecule has 0 aromatic heterocycles. The van der Waals surface area contributed by atoms with Crippen LogP contribution in [0, 0.1) is 22.9 Å². The Morgan fingerprint density at radius 1 is 1.03 bits per heavy atom. The molecule has 2 aromatic rings. The van der Waals surface area contributed by atoms with Crippen molar-refractivity contribution in [2.24, 2.45) is 5.41 Å². The van der Waals surface area contributed by atoms with E-state index in [1.165, 1.54) is 12.1 Å². The van der Waals surface area contributed by atoms with E-state index in [1.807, 2.05) is 0 Å². The minimum Gasteiger partial charge on any atom is -0.484 e. The van der Waals surface area contributed by atoms with E-state index in [0.717, 1.165) is 24.3 Å². The summed E-state index contributed by atoms with van der Waals surface area (Å²) in [4.78, 5) is 24.5. The van der Waals surface area contributed by atoms with Gasteiger partial charge >= 0.3 is 0 Å². The van der Waals surface area contributed by atoms with Crippen LogP contribution in [0.5, 0.6) is 5.75 Å². The minimum absolute atomic E-state index is 0.0337. The Kier molecular flexibility index (Phi) is 4.81. The van der Waals surface area contributed by atoms with Gasteiger partial charge in [0.25, 0.3) is 5.91 Å². The molecule has 1 N–H and O–H groups in total. The molecule has 0 spiro atoms. The molecular weight excluding hydrogens is 407 g/mol. The highest BCUT2D eigenvalue weighted by Gasteiger charge is 2.68. The number of benzene rings is 2. The molecule has 0 unspecified atom stereocenters. The number of hydrogen-bond acceptors (Lipinski definition) is 3. The summed E-state index contributed by atoms with van der Waals surface area (Å²) >= 11 is 5.59. The molecule has 0 aliphatic heterocycles. The molecule has 8 heteroatoms. The van der Waals surface area contributed by atoms with Crippen molar-refractivity contribution in [1.82, 2.24) is 5.32 Å². The summed E-state index contributed by atoms with van der Waals surface area (Å²) in [6.45, 7) is -0.275. The van der Waals surface area contributed by atoms with Crippen molar-refractivity contribution in [3.63, 3.8) is 0 Å². The average Bonchev–Trinajstić information content (AvgIpc) is 2.61. The van der Waals surface area contributed by atoms with E-state index in [2.05, 4.69) is 5.32 Å². The van der Waals surface area contributed by atoms with Gasteiger partial charge in [0.1, 0.15) is 23.2 Å². The van der Waals surface area contributed by atoms with Crippen LogP contribution in [0.15, 0.2) is 36.4 Å². The molecule has 1 amide bonds. The van der Waals surface area contributed by atoms with Crippen LogP contribution in [0.25, 0.3) is 0 Å². The van der Waals surface area contributed by atoms with Crippen LogP contribution in [0.3, 0.4) is 0 Å². The molecule has 0 heterocycles. The summed E-state index contributed by atoms with van der Waals surface area (Å²) in [6, 6.07) is 6.73. The van der Waals surface area contributed by atoms with Crippen molar-refractivity contribution in [2.45, 2.75) is 31.2 Å². The monoisotopic (exact) mass is 423 g/mol. The fourth-order valence-electron chi connectivity index (χ4n) is 4.51. The van der Waals surface area contributed by atoms with Crippen LogP contribution < -0.4 is 10.1 Å². The van der Waals surface area contributed by atoms with Crippen LogP contribution in [0.2, 0.25) is 5.02 Å². The summed E-state index contributed by atoms with van der Waals surface area (Å²) < 4.78 is 45.7. The maximum absolute atomic E-state index is 13.8. The molecule has 3 aliphatic carbocycles. The van der Waals surface area contributed by atoms with E-state index in [0.29, 0.717) is 19.3 Å².